The Morgan fingerprint density at radius 1 is 1.50 bits per heavy atom. The standard InChI is InChI=1S/C11H14S/c1-4-9-6-7-11(12-3)10(5-2)8-9/h5-8H,2,4H2,1,3H3. The summed E-state index contributed by atoms with van der Waals surface area (Å²) in [5.74, 6) is 0. The van der Waals surface area contributed by atoms with Crippen LogP contribution in [0.15, 0.2) is 29.7 Å². The average molecular weight is 178 g/mol. The van der Waals surface area contributed by atoms with Crippen molar-refractivity contribution >= 4 is 17.8 Å². The summed E-state index contributed by atoms with van der Waals surface area (Å²) < 4.78 is 0. The van der Waals surface area contributed by atoms with E-state index in [1.54, 1.807) is 11.8 Å². The van der Waals surface area contributed by atoms with Crippen molar-refractivity contribution in [1.29, 1.82) is 0 Å². The van der Waals surface area contributed by atoms with Gasteiger partial charge in [0, 0.05) is 4.90 Å². The van der Waals surface area contributed by atoms with Crippen molar-refractivity contribution in [2.24, 2.45) is 0 Å². The first-order chi connectivity index (χ1) is 5.81. The molecule has 0 heterocycles. The van der Waals surface area contributed by atoms with Crippen LogP contribution in [0.3, 0.4) is 0 Å². The minimum atomic E-state index is 1.09. The minimum absolute atomic E-state index is 1.09. The van der Waals surface area contributed by atoms with E-state index in [-0.39, 0.29) is 0 Å². The molecule has 0 amide bonds. The first-order valence-corrected chi connectivity index (χ1v) is 5.33. The fraction of sp³-hybridized carbons (Fsp3) is 0.273. The number of aryl methyl sites for hydroxylation is 1. The van der Waals surface area contributed by atoms with Gasteiger partial charge in [0.2, 0.25) is 0 Å². The minimum Gasteiger partial charge on any atom is -0.129 e. The van der Waals surface area contributed by atoms with Crippen LogP contribution in [0.25, 0.3) is 6.08 Å². The van der Waals surface area contributed by atoms with Crippen LogP contribution in [-0.4, -0.2) is 6.26 Å². The highest BCUT2D eigenvalue weighted by Gasteiger charge is 1.97. The van der Waals surface area contributed by atoms with E-state index in [1.165, 1.54) is 16.0 Å². The fourth-order valence-electron chi connectivity index (χ4n) is 1.16. The smallest absolute Gasteiger partial charge is 0.0142 e. The van der Waals surface area contributed by atoms with Gasteiger partial charge < -0.3 is 0 Å². The second kappa shape index (κ2) is 4.36. The van der Waals surface area contributed by atoms with Gasteiger partial charge in [-0.15, -0.1) is 11.8 Å². The topological polar surface area (TPSA) is 0 Å². The second-order valence-corrected chi connectivity index (χ2v) is 3.48. The third kappa shape index (κ3) is 1.92. The maximum absolute atomic E-state index is 3.80. The Kier molecular flexibility index (Phi) is 3.42. The van der Waals surface area contributed by atoms with Gasteiger partial charge in [-0.1, -0.05) is 31.7 Å². The van der Waals surface area contributed by atoms with Gasteiger partial charge in [0.1, 0.15) is 0 Å². The molecule has 0 N–H and O–H groups in total. The van der Waals surface area contributed by atoms with E-state index in [0.29, 0.717) is 0 Å². The third-order valence-corrected chi connectivity index (χ3v) is 2.73. The molecule has 0 fully saturated rings. The van der Waals surface area contributed by atoms with Crippen LogP contribution < -0.4 is 0 Å². The zero-order chi connectivity index (χ0) is 8.97. The monoisotopic (exact) mass is 178 g/mol. The van der Waals surface area contributed by atoms with Gasteiger partial charge in [-0.2, -0.15) is 0 Å². The van der Waals surface area contributed by atoms with Crippen molar-refractivity contribution in [3.05, 3.63) is 35.9 Å². The molecule has 0 aliphatic heterocycles. The summed E-state index contributed by atoms with van der Waals surface area (Å²) in [5, 5.41) is 0. The molecule has 0 aromatic heterocycles. The first kappa shape index (κ1) is 9.40. The number of rotatable bonds is 3. The van der Waals surface area contributed by atoms with Gasteiger partial charge in [0.25, 0.3) is 0 Å². The lowest BCUT2D eigenvalue weighted by Gasteiger charge is -2.04. The summed E-state index contributed by atoms with van der Waals surface area (Å²) in [7, 11) is 0. The van der Waals surface area contributed by atoms with Gasteiger partial charge in [-0.05, 0) is 29.9 Å². The fourth-order valence-corrected chi connectivity index (χ4v) is 1.75. The molecule has 0 nitrogen and oxygen atoms in total. The summed E-state index contributed by atoms with van der Waals surface area (Å²) >= 11 is 1.77. The Balaban J connectivity index is 3.10. The summed E-state index contributed by atoms with van der Waals surface area (Å²) in [6.07, 6.45) is 5.11. The molecular formula is C11H14S. The van der Waals surface area contributed by atoms with Crippen LogP contribution in [0.4, 0.5) is 0 Å². The van der Waals surface area contributed by atoms with E-state index >= 15 is 0 Å². The average Bonchev–Trinajstić information content (AvgIpc) is 2.16. The maximum Gasteiger partial charge on any atom is 0.0142 e. The van der Waals surface area contributed by atoms with Crippen molar-refractivity contribution in [1.82, 2.24) is 0 Å². The molecule has 1 aromatic rings. The molecule has 0 bridgehead atoms. The molecule has 0 saturated heterocycles. The van der Waals surface area contributed by atoms with Gasteiger partial charge in [-0.25, -0.2) is 0 Å². The van der Waals surface area contributed by atoms with Crippen molar-refractivity contribution in [2.75, 3.05) is 6.26 Å². The van der Waals surface area contributed by atoms with Gasteiger partial charge in [0.05, 0.1) is 0 Å². The van der Waals surface area contributed by atoms with Crippen molar-refractivity contribution in [2.45, 2.75) is 18.2 Å². The maximum atomic E-state index is 3.80. The first-order valence-electron chi connectivity index (χ1n) is 4.11. The van der Waals surface area contributed by atoms with Gasteiger partial charge in [-0.3, -0.25) is 0 Å². The highest BCUT2D eigenvalue weighted by molar-refractivity contribution is 7.98. The van der Waals surface area contributed by atoms with Crippen molar-refractivity contribution < 1.29 is 0 Å². The van der Waals surface area contributed by atoms with Gasteiger partial charge in [0.15, 0.2) is 0 Å². The molecule has 0 aliphatic carbocycles. The SMILES string of the molecule is C=Cc1cc(CC)ccc1SC. The molecule has 1 aromatic carbocycles. The van der Waals surface area contributed by atoms with E-state index in [0.717, 1.165) is 6.42 Å². The quantitative estimate of drug-likeness (QED) is 0.637. The van der Waals surface area contributed by atoms with Crippen LogP contribution in [0, 0.1) is 0 Å². The van der Waals surface area contributed by atoms with Crippen molar-refractivity contribution in [3.63, 3.8) is 0 Å². The lowest BCUT2D eigenvalue weighted by Crippen LogP contribution is -1.84. The molecule has 0 saturated carbocycles. The molecule has 0 atom stereocenters. The Labute approximate surface area is 78.7 Å². The summed E-state index contributed by atoms with van der Waals surface area (Å²) in [5.41, 5.74) is 2.63. The van der Waals surface area contributed by atoms with E-state index in [4.69, 9.17) is 0 Å². The number of hydrogen-bond donors (Lipinski definition) is 0. The van der Waals surface area contributed by atoms with Crippen LogP contribution in [0.2, 0.25) is 0 Å². The molecule has 12 heavy (non-hydrogen) atoms. The normalized spacial score (nSPS) is 9.83. The molecule has 64 valence electrons. The highest BCUT2D eigenvalue weighted by Crippen LogP contribution is 2.22. The zero-order valence-corrected chi connectivity index (χ0v) is 8.45. The molecular weight excluding hydrogens is 164 g/mol. The predicted molar refractivity (Wildman–Crippen MR) is 57.7 cm³/mol. The largest absolute Gasteiger partial charge is 0.129 e. The second-order valence-electron chi connectivity index (χ2n) is 2.63. The highest BCUT2D eigenvalue weighted by atomic mass is 32.2. The lowest BCUT2D eigenvalue weighted by molar-refractivity contribution is 1.13. The van der Waals surface area contributed by atoms with Crippen molar-refractivity contribution in [3.8, 4) is 0 Å². The molecule has 0 spiro atoms. The van der Waals surface area contributed by atoms with Crippen LogP contribution in [0.5, 0.6) is 0 Å². The lowest BCUT2D eigenvalue weighted by atomic mass is 10.1. The molecule has 0 aliphatic rings. The molecule has 1 heteroatoms. The predicted octanol–water partition coefficient (Wildman–Crippen LogP) is 3.61. The summed E-state index contributed by atoms with van der Waals surface area (Å²) in [6, 6.07) is 6.55. The molecule has 0 radical (unpaired) electrons. The van der Waals surface area contributed by atoms with Crippen LogP contribution >= 0.6 is 11.8 Å². The summed E-state index contributed by atoms with van der Waals surface area (Å²) in [4.78, 5) is 1.31. The molecule has 1 rings (SSSR count). The summed E-state index contributed by atoms with van der Waals surface area (Å²) in [6.45, 7) is 5.97. The van der Waals surface area contributed by atoms with E-state index in [2.05, 4.69) is 38.0 Å². The Bertz CT molecular complexity index is 276. The number of benzene rings is 1. The van der Waals surface area contributed by atoms with E-state index in [1.807, 2.05) is 6.08 Å². The van der Waals surface area contributed by atoms with Crippen LogP contribution in [-0.2, 0) is 6.42 Å². The Hall–Kier alpha value is -0.690. The number of thioether (sulfide) groups is 1. The Morgan fingerprint density at radius 3 is 2.75 bits per heavy atom. The third-order valence-electron chi connectivity index (χ3n) is 1.92. The molecule has 0 unspecified atom stereocenters. The number of hydrogen-bond acceptors (Lipinski definition) is 1. The zero-order valence-electron chi connectivity index (χ0n) is 7.63. The Morgan fingerprint density at radius 2 is 2.25 bits per heavy atom. The van der Waals surface area contributed by atoms with Gasteiger partial charge >= 0.3 is 0 Å². The van der Waals surface area contributed by atoms with E-state index < -0.39 is 0 Å². The van der Waals surface area contributed by atoms with Crippen LogP contribution in [0.1, 0.15) is 18.1 Å². The van der Waals surface area contributed by atoms with E-state index in [9.17, 15) is 0 Å².